The van der Waals surface area contributed by atoms with E-state index in [9.17, 15) is 0 Å². The van der Waals surface area contributed by atoms with Gasteiger partial charge in [0.1, 0.15) is 5.82 Å². The molecule has 0 atom stereocenters. The lowest BCUT2D eigenvalue weighted by atomic mass is 10.2. The fraction of sp³-hybridized carbons (Fsp3) is 0.286. The second kappa shape index (κ2) is 6.52. The molecule has 2 rings (SSSR count). The zero-order valence-corrected chi connectivity index (χ0v) is 12.7. The summed E-state index contributed by atoms with van der Waals surface area (Å²) in [6.45, 7) is 5.56. The molecule has 0 radical (unpaired) electrons. The number of aromatic nitrogens is 2. The van der Waals surface area contributed by atoms with E-state index in [0.29, 0.717) is 5.95 Å². The number of aryl methyl sites for hydroxylation is 1. The molecule has 0 aliphatic heterocycles. The van der Waals surface area contributed by atoms with Crippen LogP contribution in [0, 0.1) is 6.92 Å². The molecule has 0 aliphatic carbocycles. The summed E-state index contributed by atoms with van der Waals surface area (Å²) >= 11 is 3.54. The number of nitrogens with one attached hydrogen (secondary N) is 2. The topological polar surface area (TPSA) is 49.8 Å². The van der Waals surface area contributed by atoms with Crippen LogP contribution in [0.25, 0.3) is 0 Å². The third-order valence-electron chi connectivity index (χ3n) is 2.71. The van der Waals surface area contributed by atoms with Gasteiger partial charge in [-0.3, -0.25) is 0 Å². The van der Waals surface area contributed by atoms with Crippen molar-refractivity contribution in [3.63, 3.8) is 0 Å². The number of rotatable bonds is 5. The number of benzene rings is 1. The molecule has 2 N–H and O–H groups in total. The van der Waals surface area contributed by atoms with Gasteiger partial charge in [0.05, 0.1) is 0 Å². The molecule has 0 aliphatic rings. The van der Waals surface area contributed by atoms with Gasteiger partial charge in [0.2, 0.25) is 5.95 Å². The maximum absolute atomic E-state index is 4.46. The van der Waals surface area contributed by atoms with E-state index in [-0.39, 0.29) is 0 Å². The van der Waals surface area contributed by atoms with Gasteiger partial charge in [-0.15, -0.1) is 0 Å². The largest absolute Gasteiger partial charge is 0.366 e. The van der Waals surface area contributed by atoms with E-state index in [4.69, 9.17) is 0 Å². The molecule has 0 bridgehead atoms. The number of hydrogen-bond acceptors (Lipinski definition) is 4. The zero-order valence-electron chi connectivity index (χ0n) is 11.1. The minimum atomic E-state index is 0.655. The van der Waals surface area contributed by atoms with Crippen molar-refractivity contribution >= 4 is 27.7 Å². The first-order chi connectivity index (χ1) is 9.20. The Bertz CT molecular complexity index is 557. The van der Waals surface area contributed by atoms with E-state index in [1.807, 2.05) is 38.2 Å². The van der Waals surface area contributed by atoms with E-state index >= 15 is 0 Å². The summed E-state index contributed by atoms with van der Waals surface area (Å²) in [5, 5.41) is 6.46. The van der Waals surface area contributed by atoms with Crippen molar-refractivity contribution in [1.82, 2.24) is 9.97 Å². The molecule has 100 valence electrons. The van der Waals surface area contributed by atoms with E-state index in [2.05, 4.69) is 42.6 Å². The summed E-state index contributed by atoms with van der Waals surface area (Å²) in [7, 11) is 0. The molecule has 1 heterocycles. The highest BCUT2D eigenvalue weighted by molar-refractivity contribution is 9.10. The molecule has 4 nitrogen and oxygen atoms in total. The van der Waals surface area contributed by atoms with Crippen molar-refractivity contribution in [1.29, 1.82) is 0 Å². The standard InChI is InChI=1S/C14H17BrN4/c1-3-16-14-18-8-10(2)13(19-14)17-9-11-6-4-5-7-12(11)15/h4-8H,3,9H2,1-2H3,(H2,16,17,18,19). The normalized spacial score (nSPS) is 10.3. The van der Waals surface area contributed by atoms with Crippen LogP contribution < -0.4 is 10.6 Å². The Labute approximate surface area is 121 Å². The highest BCUT2D eigenvalue weighted by Crippen LogP contribution is 2.18. The summed E-state index contributed by atoms with van der Waals surface area (Å²) < 4.78 is 1.10. The summed E-state index contributed by atoms with van der Waals surface area (Å²) in [6, 6.07) is 8.15. The third kappa shape index (κ3) is 3.67. The predicted octanol–water partition coefficient (Wildman–Crippen LogP) is 3.59. The minimum Gasteiger partial charge on any atom is -0.366 e. The smallest absolute Gasteiger partial charge is 0.224 e. The highest BCUT2D eigenvalue weighted by atomic mass is 79.9. The Kier molecular flexibility index (Phi) is 4.74. The molecular weight excluding hydrogens is 304 g/mol. The second-order valence-corrected chi connectivity index (χ2v) is 5.05. The minimum absolute atomic E-state index is 0.655. The summed E-state index contributed by atoms with van der Waals surface area (Å²) in [6.07, 6.45) is 1.83. The monoisotopic (exact) mass is 320 g/mol. The summed E-state index contributed by atoms with van der Waals surface area (Å²) in [5.74, 6) is 1.52. The van der Waals surface area contributed by atoms with Gasteiger partial charge >= 0.3 is 0 Å². The van der Waals surface area contributed by atoms with Crippen LogP contribution in [0.2, 0.25) is 0 Å². The van der Waals surface area contributed by atoms with E-state index in [0.717, 1.165) is 28.9 Å². The Morgan fingerprint density at radius 1 is 1.21 bits per heavy atom. The molecule has 0 saturated carbocycles. The van der Waals surface area contributed by atoms with Crippen molar-refractivity contribution < 1.29 is 0 Å². The number of halogens is 1. The quantitative estimate of drug-likeness (QED) is 0.883. The summed E-state index contributed by atoms with van der Waals surface area (Å²) in [5.41, 5.74) is 2.24. The van der Waals surface area contributed by atoms with Crippen molar-refractivity contribution in [2.24, 2.45) is 0 Å². The average Bonchev–Trinajstić information content (AvgIpc) is 2.41. The van der Waals surface area contributed by atoms with Crippen LogP contribution in [0.4, 0.5) is 11.8 Å². The van der Waals surface area contributed by atoms with Crippen LogP contribution in [-0.4, -0.2) is 16.5 Å². The molecule has 2 aromatic rings. The lowest BCUT2D eigenvalue weighted by molar-refractivity contribution is 1.03. The van der Waals surface area contributed by atoms with Crippen LogP contribution in [0.15, 0.2) is 34.9 Å². The molecule has 5 heteroatoms. The first-order valence-electron chi connectivity index (χ1n) is 6.25. The lowest BCUT2D eigenvalue weighted by Gasteiger charge is -2.11. The zero-order chi connectivity index (χ0) is 13.7. The average molecular weight is 321 g/mol. The van der Waals surface area contributed by atoms with Gasteiger partial charge in [-0.05, 0) is 25.5 Å². The lowest BCUT2D eigenvalue weighted by Crippen LogP contribution is -2.08. The second-order valence-electron chi connectivity index (χ2n) is 4.20. The highest BCUT2D eigenvalue weighted by Gasteiger charge is 2.04. The summed E-state index contributed by atoms with van der Waals surface area (Å²) in [4.78, 5) is 8.69. The van der Waals surface area contributed by atoms with Gasteiger partial charge in [0, 0.05) is 29.3 Å². The molecule has 0 spiro atoms. The Morgan fingerprint density at radius 3 is 2.74 bits per heavy atom. The molecule has 19 heavy (non-hydrogen) atoms. The number of hydrogen-bond donors (Lipinski definition) is 2. The molecule has 1 aromatic carbocycles. The third-order valence-corrected chi connectivity index (χ3v) is 3.48. The molecule has 1 aromatic heterocycles. The fourth-order valence-corrected chi connectivity index (χ4v) is 2.11. The van der Waals surface area contributed by atoms with Crippen molar-refractivity contribution in [3.8, 4) is 0 Å². The SMILES string of the molecule is CCNc1ncc(C)c(NCc2ccccc2Br)n1. The van der Waals surface area contributed by atoms with Gasteiger partial charge in [-0.25, -0.2) is 4.98 Å². The maximum atomic E-state index is 4.46. The van der Waals surface area contributed by atoms with Crippen molar-refractivity contribution in [2.75, 3.05) is 17.2 Å². The van der Waals surface area contributed by atoms with Crippen LogP contribution in [0.3, 0.4) is 0 Å². The van der Waals surface area contributed by atoms with Gasteiger partial charge in [0.25, 0.3) is 0 Å². The molecule has 0 fully saturated rings. The molecule has 0 saturated heterocycles. The van der Waals surface area contributed by atoms with Crippen LogP contribution in [0.1, 0.15) is 18.1 Å². The molecule has 0 amide bonds. The van der Waals surface area contributed by atoms with E-state index in [1.54, 1.807) is 0 Å². The van der Waals surface area contributed by atoms with Gasteiger partial charge < -0.3 is 10.6 Å². The molecular formula is C14H17BrN4. The van der Waals surface area contributed by atoms with Gasteiger partial charge in [-0.1, -0.05) is 34.1 Å². The number of anilines is 2. The maximum Gasteiger partial charge on any atom is 0.224 e. The first kappa shape index (κ1) is 13.8. The van der Waals surface area contributed by atoms with Crippen LogP contribution in [0.5, 0.6) is 0 Å². The van der Waals surface area contributed by atoms with Gasteiger partial charge in [0.15, 0.2) is 0 Å². The Morgan fingerprint density at radius 2 is 2.00 bits per heavy atom. The Hall–Kier alpha value is -1.62. The Balaban J connectivity index is 2.10. The van der Waals surface area contributed by atoms with Crippen LogP contribution in [-0.2, 0) is 6.54 Å². The van der Waals surface area contributed by atoms with Crippen molar-refractivity contribution in [2.45, 2.75) is 20.4 Å². The van der Waals surface area contributed by atoms with Gasteiger partial charge in [-0.2, -0.15) is 4.98 Å². The number of nitrogens with zero attached hydrogens (tertiary/aromatic N) is 2. The fourth-order valence-electron chi connectivity index (χ4n) is 1.68. The molecule has 0 unspecified atom stereocenters. The van der Waals surface area contributed by atoms with Crippen molar-refractivity contribution in [3.05, 3.63) is 46.1 Å². The van der Waals surface area contributed by atoms with E-state index in [1.165, 1.54) is 5.56 Å². The predicted molar refractivity (Wildman–Crippen MR) is 82.4 cm³/mol. The first-order valence-corrected chi connectivity index (χ1v) is 7.04. The van der Waals surface area contributed by atoms with Crippen LogP contribution >= 0.6 is 15.9 Å². The van der Waals surface area contributed by atoms with E-state index < -0.39 is 0 Å².